The summed E-state index contributed by atoms with van der Waals surface area (Å²) in [6.45, 7) is 2.06. The Morgan fingerprint density at radius 2 is 1.85 bits per heavy atom. The molecule has 2 rings (SSSR count). The highest BCUT2D eigenvalue weighted by Gasteiger charge is 2.08. The molecule has 2 aromatic carbocycles. The summed E-state index contributed by atoms with van der Waals surface area (Å²) < 4.78 is 14.6. The number of rotatable bonds is 5. The van der Waals surface area contributed by atoms with Crippen molar-refractivity contribution in [3.05, 3.63) is 58.3 Å². The van der Waals surface area contributed by atoms with Crippen LogP contribution < -0.4 is 0 Å². The van der Waals surface area contributed by atoms with Gasteiger partial charge in [-0.25, -0.2) is 4.39 Å². The number of carbonyl (C=O) groups is 1. The molecule has 0 aromatic heterocycles. The van der Waals surface area contributed by atoms with Gasteiger partial charge in [0.25, 0.3) is 0 Å². The molecule has 3 heteroatoms. The zero-order valence-corrected chi connectivity index (χ0v) is 12.9. The summed E-state index contributed by atoms with van der Waals surface area (Å²) >= 11 is 3.24. The maximum absolute atomic E-state index is 13.9. The molecule has 0 heterocycles. The van der Waals surface area contributed by atoms with Gasteiger partial charge in [0.05, 0.1) is 0 Å². The van der Waals surface area contributed by atoms with Gasteiger partial charge in [-0.3, -0.25) is 4.79 Å². The van der Waals surface area contributed by atoms with Crippen molar-refractivity contribution in [2.24, 2.45) is 0 Å². The van der Waals surface area contributed by atoms with Gasteiger partial charge in [-0.1, -0.05) is 59.6 Å². The lowest BCUT2D eigenvalue weighted by Crippen LogP contribution is -1.98. The van der Waals surface area contributed by atoms with Crippen molar-refractivity contribution in [3.63, 3.8) is 0 Å². The van der Waals surface area contributed by atoms with Crippen molar-refractivity contribution in [3.8, 4) is 11.1 Å². The summed E-state index contributed by atoms with van der Waals surface area (Å²) in [5.41, 5.74) is 2.02. The fourth-order valence-corrected chi connectivity index (χ4v) is 2.37. The largest absolute Gasteiger partial charge is 0.294 e. The predicted octanol–water partition coefficient (Wildman–Crippen LogP) is 5.63. The fraction of sp³-hybridized carbons (Fsp3) is 0.235. The number of carbonyl (C=O) groups excluding carboxylic acids is 1. The highest BCUT2D eigenvalue weighted by molar-refractivity contribution is 9.10. The summed E-state index contributed by atoms with van der Waals surface area (Å²) in [4.78, 5) is 11.9. The first kappa shape index (κ1) is 14.9. The number of benzene rings is 2. The van der Waals surface area contributed by atoms with Gasteiger partial charge in [0.1, 0.15) is 5.82 Å². The van der Waals surface area contributed by atoms with Crippen molar-refractivity contribution in [1.29, 1.82) is 0 Å². The highest BCUT2D eigenvalue weighted by atomic mass is 79.9. The first-order valence-electron chi connectivity index (χ1n) is 6.70. The number of ketones is 1. The number of hydrogen-bond acceptors (Lipinski definition) is 1. The second-order valence-corrected chi connectivity index (χ2v) is 5.64. The minimum Gasteiger partial charge on any atom is -0.294 e. The van der Waals surface area contributed by atoms with E-state index < -0.39 is 0 Å². The van der Waals surface area contributed by atoms with Crippen LogP contribution in [-0.4, -0.2) is 5.78 Å². The summed E-state index contributed by atoms with van der Waals surface area (Å²) in [6.07, 6.45) is 2.48. The first-order valence-corrected chi connectivity index (χ1v) is 7.50. The van der Waals surface area contributed by atoms with Crippen LogP contribution in [0.1, 0.15) is 36.5 Å². The number of halogens is 2. The Morgan fingerprint density at radius 3 is 2.45 bits per heavy atom. The van der Waals surface area contributed by atoms with Crippen molar-refractivity contribution >= 4 is 21.7 Å². The summed E-state index contributed by atoms with van der Waals surface area (Å²) in [5.74, 6) is -0.126. The van der Waals surface area contributed by atoms with E-state index >= 15 is 0 Å². The van der Waals surface area contributed by atoms with Crippen molar-refractivity contribution in [2.45, 2.75) is 26.2 Å². The van der Waals surface area contributed by atoms with E-state index in [2.05, 4.69) is 22.9 Å². The number of Topliss-reactive ketones (excluding diaryl/α,β-unsaturated/α-hetero) is 1. The minimum absolute atomic E-state index is 0.148. The van der Waals surface area contributed by atoms with Crippen LogP contribution >= 0.6 is 15.9 Å². The van der Waals surface area contributed by atoms with E-state index in [0.717, 1.165) is 18.4 Å². The van der Waals surface area contributed by atoms with Crippen LogP contribution in [0, 0.1) is 5.82 Å². The molecule has 0 fully saturated rings. The van der Waals surface area contributed by atoms with Gasteiger partial charge >= 0.3 is 0 Å². The van der Waals surface area contributed by atoms with Crippen LogP contribution in [-0.2, 0) is 0 Å². The average Bonchev–Trinajstić information content (AvgIpc) is 2.45. The van der Waals surface area contributed by atoms with Gasteiger partial charge in [-0.05, 0) is 24.1 Å². The molecule has 0 saturated carbocycles. The molecule has 0 atom stereocenters. The maximum Gasteiger partial charge on any atom is 0.162 e. The molecule has 0 unspecified atom stereocenters. The normalized spacial score (nSPS) is 10.6. The Labute approximate surface area is 127 Å². The van der Waals surface area contributed by atoms with Gasteiger partial charge in [0, 0.05) is 22.0 Å². The SMILES string of the molecule is CCCCC(=O)c1ccc(-c2ccc(Br)cc2F)cc1. The molecule has 104 valence electrons. The molecule has 0 bridgehead atoms. The fourth-order valence-electron chi connectivity index (χ4n) is 2.04. The Balaban J connectivity index is 2.21. The van der Waals surface area contributed by atoms with Crippen LogP contribution in [0.15, 0.2) is 46.9 Å². The van der Waals surface area contributed by atoms with E-state index in [-0.39, 0.29) is 11.6 Å². The smallest absolute Gasteiger partial charge is 0.162 e. The molecule has 1 nitrogen and oxygen atoms in total. The van der Waals surface area contributed by atoms with Crippen LogP contribution in [0.2, 0.25) is 0 Å². The van der Waals surface area contributed by atoms with E-state index in [4.69, 9.17) is 0 Å². The van der Waals surface area contributed by atoms with Crippen molar-refractivity contribution in [1.82, 2.24) is 0 Å². The van der Waals surface area contributed by atoms with Gasteiger partial charge in [-0.2, -0.15) is 0 Å². The molecular weight excluding hydrogens is 319 g/mol. The first-order chi connectivity index (χ1) is 9.61. The standard InChI is InChI=1S/C17H16BrFO/c1-2-3-4-17(20)13-7-5-12(6-8-13)15-10-9-14(18)11-16(15)19/h5-11H,2-4H2,1H3. The monoisotopic (exact) mass is 334 g/mol. The number of hydrogen-bond donors (Lipinski definition) is 0. The zero-order chi connectivity index (χ0) is 14.5. The molecule has 0 aliphatic carbocycles. The molecule has 0 spiro atoms. The maximum atomic E-state index is 13.9. The third kappa shape index (κ3) is 3.54. The van der Waals surface area contributed by atoms with Crippen molar-refractivity contribution < 1.29 is 9.18 Å². The quantitative estimate of drug-likeness (QED) is 0.647. The highest BCUT2D eigenvalue weighted by Crippen LogP contribution is 2.26. The average molecular weight is 335 g/mol. The lowest BCUT2D eigenvalue weighted by molar-refractivity contribution is 0.0980. The second-order valence-electron chi connectivity index (χ2n) is 4.73. The van der Waals surface area contributed by atoms with E-state index in [1.54, 1.807) is 36.4 Å². The topological polar surface area (TPSA) is 17.1 Å². The van der Waals surface area contributed by atoms with Crippen molar-refractivity contribution in [2.75, 3.05) is 0 Å². The zero-order valence-electron chi connectivity index (χ0n) is 11.3. The van der Waals surface area contributed by atoms with Crippen LogP contribution in [0.5, 0.6) is 0 Å². The minimum atomic E-state index is -0.274. The van der Waals surface area contributed by atoms with Crippen LogP contribution in [0.25, 0.3) is 11.1 Å². The molecule has 0 N–H and O–H groups in total. The predicted molar refractivity (Wildman–Crippen MR) is 83.4 cm³/mol. The number of unbranched alkanes of at least 4 members (excludes halogenated alkanes) is 1. The molecule has 2 aromatic rings. The van der Waals surface area contributed by atoms with Crippen LogP contribution in [0.3, 0.4) is 0 Å². The Morgan fingerprint density at radius 1 is 1.15 bits per heavy atom. The summed E-state index contributed by atoms with van der Waals surface area (Å²) in [5, 5.41) is 0. The summed E-state index contributed by atoms with van der Waals surface area (Å²) in [7, 11) is 0. The Hall–Kier alpha value is -1.48. The van der Waals surface area contributed by atoms with Gasteiger partial charge in [0.2, 0.25) is 0 Å². The summed E-state index contributed by atoms with van der Waals surface area (Å²) in [6, 6.07) is 12.1. The Kier molecular flexibility index (Phi) is 5.07. The van der Waals surface area contributed by atoms with E-state index in [1.807, 2.05) is 0 Å². The molecule has 0 saturated heterocycles. The second kappa shape index (κ2) is 6.80. The van der Waals surface area contributed by atoms with E-state index in [9.17, 15) is 9.18 Å². The van der Waals surface area contributed by atoms with Gasteiger partial charge in [-0.15, -0.1) is 0 Å². The molecule has 20 heavy (non-hydrogen) atoms. The van der Waals surface area contributed by atoms with Gasteiger partial charge in [0.15, 0.2) is 5.78 Å². The third-order valence-corrected chi connectivity index (χ3v) is 3.70. The van der Waals surface area contributed by atoms with Gasteiger partial charge < -0.3 is 0 Å². The molecular formula is C17H16BrFO. The molecule has 0 radical (unpaired) electrons. The third-order valence-electron chi connectivity index (χ3n) is 3.21. The lowest BCUT2D eigenvalue weighted by atomic mass is 10.0. The molecule has 0 amide bonds. The van der Waals surface area contributed by atoms with Crippen LogP contribution in [0.4, 0.5) is 4.39 Å². The molecule has 0 aliphatic rings. The van der Waals surface area contributed by atoms with E-state index in [1.165, 1.54) is 6.07 Å². The van der Waals surface area contributed by atoms with E-state index in [0.29, 0.717) is 22.0 Å². The Bertz CT molecular complexity index is 605. The molecule has 0 aliphatic heterocycles. The lowest BCUT2D eigenvalue weighted by Gasteiger charge is -2.06.